The summed E-state index contributed by atoms with van der Waals surface area (Å²) in [5.74, 6) is -1.54. The van der Waals surface area contributed by atoms with Crippen LogP contribution in [0.1, 0.15) is 40.0 Å². The lowest BCUT2D eigenvalue weighted by molar-refractivity contribution is -0.117. The fourth-order valence-electron chi connectivity index (χ4n) is 3.81. The van der Waals surface area contributed by atoms with Crippen LogP contribution in [0.3, 0.4) is 0 Å². The van der Waals surface area contributed by atoms with E-state index >= 15 is 0 Å². The van der Waals surface area contributed by atoms with Gasteiger partial charge in [-0.2, -0.15) is 5.26 Å². The number of hydrogen-bond donors (Lipinski definition) is 1. The Balaban J connectivity index is 2.10. The Bertz CT molecular complexity index is 911. The van der Waals surface area contributed by atoms with Gasteiger partial charge in [0.1, 0.15) is 17.4 Å². The third kappa shape index (κ3) is 1.46. The molecule has 118 valence electrons. The van der Waals surface area contributed by atoms with E-state index < -0.39 is 17.0 Å². The Morgan fingerprint density at radius 2 is 1.71 bits per heavy atom. The number of ketones is 3. The summed E-state index contributed by atoms with van der Waals surface area (Å²) in [5, 5.41) is 9.57. The van der Waals surface area contributed by atoms with Crippen molar-refractivity contribution in [2.75, 3.05) is 0 Å². The molecule has 0 fully saturated rings. The summed E-state index contributed by atoms with van der Waals surface area (Å²) in [4.78, 5) is 39.0. The lowest BCUT2D eigenvalue weighted by atomic mass is 9.65. The Morgan fingerprint density at radius 3 is 2.29 bits per heavy atom. The lowest BCUT2D eigenvalue weighted by Gasteiger charge is -2.35. The van der Waals surface area contributed by atoms with Crippen molar-refractivity contribution in [2.24, 2.45) is 11.1 Å². The number of benzene rings is 1. The Kier molecular flexibility index (Phi) is 2.79. The molecule has 1 heterocycles. The summed E-state index contributed by atoms with van der Waals surface area (Å²) in [6.07, 6.45) is 1.16. The summed E-state index contributed by atoms with van der Waals surface area (Å²) in [7, 11) is 0. The highest BCUT2D eigenvalue weighted by molar-refractivity contribution is 6.36. The Morgan fingerprint density at radius 1 is 1.08 bits per heavy atom. The van der Waals surface area contributed by atoms with E-state index in [1.54, 1.807) is 12.1 Å². The van der Waals surface area contributed by atoms with E-state index in [9.17, 15) is 19.6 Å². The summed E-state index contributed by atoms with van der Waals surface area (Å²) >= 11 is 0. The van der Waals surface area contributed by atoms with Crippen molar-refractivity contribution in [3.8, 4) is 6.07 Å². The van der Waals surface area contributed by atoms with Crippen LogP contribution >= 0.6 is 0 Å². The van der Waals surface area contributed by atoms with Gasteiger partial charge in [-0.3, -0.25) is 14.4 Å². The summed E-state index contributed by atoms with van der Waals surface area (Å²) in [6, 6.07) is 8.17. The highest BCUT2D eigenvalue weighted by atomic mass is 16.5. The van der Waals surface area contributed by atoms with Gasteiger partial charge in [0.15, 0.2) is 22.8 Å². The van der Waals surface area contributed by atoms with Crippen molar-refractivity contribution in [1.82, 2.24) is 0 Å². The number of carbonyl (C=O) groups excluding carboxylic acids is 3. The number of ether oxygens (including phenoxy) is 1. The van der Waals surface area contributed by atoms with Crippen LogP contribution in [0.4, 0.5) is 0 Å². The van der Waals surface area contributed by atoms with Gasteiger partial charge in [-0.1, -0.05) is 24.3 Å². The van der Waals surface area contributed by atoms with Crippen molar-refractivity contribution >= 4 is 17.3 Å². The molecule has 1 spiro atoms. The number of nitrogens with two attached hydrogens (primary N) is 1. The van der Waals surface area contributed by atoms with Crippen molar-refractivity contribution in [3.05, 3.63) is 58.2 Å². The fraction of sp³-hybridized carbons (Fsp3) is 0.222. The van der Waals surface area contributed by atoms with Gasteiger partial charge in [-0.15, -0.1) is 0 Å². The number of carbonyl (C=O) groups is 3. The van der Waals surface area contributed by atoms with Crippen molar-refractivity contribution in [3.63, 3.8) is 0 Å². The molecule has 0 atom stereocenters. The minimum absolute atomic E-state index is 0.00861. The molecule has 0 bridgehead atoms. The van der Waals surface area contributed by atoms with Gasteiger partial charge < -0.3 is 10.5 Å². The average Bonchev–Trinajstić information content (AvgIpc) is 2.79. The zero-order valence-corrected chi connectivity index (χ0v) is 12.6. The molecule has 0 unspecified atom stereocenters. The second-order valence-electron chi connectivity index (χ2n) is 5.98. The van der Waals surface area contributed by atoms with Crippen LogP contribution in [0.25, 0.3) is 0 Å². The summed E-state index contributed by atoms with van der Waals surface area (Å²) < 4.78 is 5.44. The van der Waals surface area contributed by atoms with Crippen LogP contribution in [0.2, 0.25) is 0 Å². The average molecular weight is 320 g/mol. The van der Waals surface area contributed by atoms with E-state index in [1.165, 1.54) is 12.1 Å². The Labute approximate surface area is 137 Å². The second-order valence-corrected chi connectivity index (χ2v) is 5.98. The van der Waals surface area contributed by atoms with E-state index in [0.29, 0.717) is 12.8 Å². The molecule has 1 aliphatic heterocycles. The number of hydrogen-bond acceptors (Lipinski definition) is 6. The largest absolute Gasteiger partial charge is 0.444 e. The van der Waals surface area contributed by atoms with E-state index in [-0.39, 0.29) is 46.1 Å². The van der Waals surface area contributed by atoms with Gasteiger partial charge >= 0.3 is 0 Å². The first-order chi connectivity index (χ1) is 11.5. The molecule has 0 amide bonds. The number of allylic oxidation sites excluding steroid dienone is 3. The van der Waals surface area contributed by atoms with E-state index in [2.05, 4.69) is 0 Å². The molecule has 0 saturated heterocycles. The molecule has 6 nitrogen and oxygen atoms in total. The number of rotatable bonds is 0. The third-order valence-corrected chi connectivity index (χ3v) is 4.80. The quantitative estimate of drug-likeness (QED) is 0.730. The van der Waals surface area contributed by atoms with Gasteiger partial charge in [-0.25, -0.2) is 0 Å². The SMILES string of the molecule is N#CC1=C(N)OC2=C(C(=O)CCC2)C12C(=O)c1ccccc1C2=O. The number of nitriles is 1. The van der Waals surface area contributed by atoms with Crippen LogP contribution in [0.5, 0.6) is 0 Å². The zero-order chi connectivity index (χ0) is 17.1. The standard InChI is InChI=1S/C18H12N2O4/c19-8-11-17(20)24-13-7-3-6-12(21)14(13)18(11)15(22)9-4-1-2-5-10(9)16(18)23/h1-2,4-5H,3,6-7,20H2. The van der Waals surface area contributed by atoms with Crippen LogP contribution in [-0.2, 0) is 9.53 Å². The predicted octanol–water partition coefficient (Wildman–Crippen LogP) is 1.78. The fourth-order valence-corrected chi connectivity index (χ4v) is 3.81. The molecule has 2 aliphatic carbocycles. The smallest absolute Gasteiger partial charge is 0.206 e. The number of nitrogens with zero attached hydrogens (tertiary/aromatic N) is 1. The van der Waals surface area contributed by atoms with E-state index in [1.807, 2.05) is 6.07 Å². The zero-order valence-electron chi connectivity index (χ0n) is 12.6. The topological polar surface area (TPSA) is 110 Å². The van der Waals surface area contributed by atoms with Crippen molar-refractivity contribution in [2.45, 2.75) is 19.3 Å². The van der Waals surface area contributed by atoms with Crippen LogP contribution in [0.15, 0.2) is 47.1 Å². The maximum atomic E-state index is 13.2. The van der Waals surface area contributed by atoms with Gasteiger partial charge in [0.2, 0.25) is 5.88 Å². The van der Waals surface area contributed by atoms with E-state index in [4.69, 9.17) is 10.5 Å². The molecule has 24 heavy (non-hydrogen) atoms. The van der Waals surface area contributed by atoms with Gasteiger partial charge in [0.05, 0.1) is 5.57 Å². The normalized spacial score (nSPS) is 21.5. The van der Waals surface area contributed by atoms with Crippen LogP contribution < -0.4 is 5.73 Å². The van der Waals surface area contributed by atoms with Gasteiger partial charge in [-0.05, 0) is 6.42 Å². The first kappa shape index (κ1) is 14.4. The minimum Gasteiger partial charge on any atom is -0.444 e. The van der Waals surface area contributed by atoms with Crippen molar-refractivity contribution in [1.29, 1.82) is 5.26 Å². The highest BCUT2D eigenvalue weighted by Gasteiger charge is 2.63. The molecule has 0 aromatic heterocycles. The summed E-state index contributed by atoms with van der Waals surface area (Å²) in [5.41, 5.74) is 3.97. The number of Topliss-reactive ketones (excluding diaryl/α,β-unsaturated/α-hetero) is 3. The van der Waals surface area contributed by atoms with E-state index in [0.717, 1.165) is 0 Å². The second kappa shape index (κ2) is 4.65. The minimum atomic E-state index is -1.98. The molecule has 1 aromatic carbocycles. The van der Waals surface area contributed by atoms with Gasteiger partial charge in [0.25, 0.3) is 0 Å². The monoisotopic (exact) mass is 320 g/mol. The molecule has 1 aromatic rings. The molecule has 3 aliphatic rings. The number of fused-ring (bicyclic) bond motifs is 2. The highest BCUT2D eigenvalue weighted by Crippen LogP contribution is 2.53. The lowest BCUT2D eigenvalue weighted by Crippen LogP contribution is -2.45. The Hall–Kier alpha value is -3.20. The van der Waals surface area contributed by atoms with Crippen molar-refractivity contribution < 1.29 is 19.1 Å². The molecule has 0 radical (unpaired) electrons. The first-order valence-corrected chi connectivity index (χ1v) is 7.57. The molecular weight excluding hydrogens is 308 g/mol. The molecule has 4 rings (SSSR count). The molecular formula is C18H12N2O4. The molecule has 0 saturated carbocycles. The predicted molar refractivity (Wildman–Crippen MR) is 81.3 cm³/mol. The molecule has 2 N–H and O–H groups in total. The molecule has 6 heteroatoms. The third-order valence-electron chi connectivity index (χ3n) is 4.80. The maximum Gasteiger partial charge on any atom is 0.206 e. The van der Waals surface area contributed by atoms with Crippen LogP contribution in [-0.4, -0.2) is 17.3 Å². The summed E-state index contributed by atoms with van der Waals surface area (Å²) in [6.45, 7) is 0. The maximum absolute atomic E-state index is 13.2. The first-order valence-electron chi connectivity index (χ1n) is 7.57. The van der Waals surface area contributed by atoms with Crippen LogP contribution in [0, 0.1) is 16.7 Å². The van der Waals surface area contributed by atoms with Gasteiger partial charge in [0, 0.05) is 24.0 Å².